The third-order valence-electron chi connectivity index (χ3n) is 5.54. The average Bonchev–Trinajstić information content (AvgIpc) is 3.09. The van der Waals surface area contributed by atoms with Gasteiger partial charge in [0.25, 0.3) is 0 Å². The zero-order valence-corrected chi connectivity index (χ0v) is 17.7. The van der Waals surface area contributed by atoms with E-state index in [1.54, 1.807) is 53.9 Å². The number of aryl methyl sites for hydroxylation is 1. The van der Waals surface area contributed by atoms with E-state index in [2.05, 4.69) is 9.97 Å². The number of nitrogens with zero attached hydrogens (tertiary/aromatic N) is 4. The van der Waals surface area contributed by atoms with Crippen LogP contribution in [0.15, 0.2) is 65.7 Å². The largest absolute Gasteiger partial charge is 0.496 e. The molecule has 0 spiro atoms. The molecule has 32 heavy (non-hydrogen) atoms. The third-order valence-corrected chi connectivity index (χ3v) is 5.54. The first kappa shape index (κ1) is 19.7. The summed E-state index contributed by atoms with van der Waals surface area (Å²) < 4.78 is 27.7. The van der Waals surface area contributed by atoms with Gasteiger partial charge in [-0.05, 0) is 42.0 Å². The third kappa shape index (κ3) is 2.99. The summed E-state index contributed by atoms with van der Waals surface area (Å²) in [6.45, 7) is 0. The van der Waals surface area contributed by atoms with Crippen LogP contribution in [-0.2, 0) is 7.05 Å². The van der Waals surface area contributed by atoms with E-state index in [-0.39, 0.29) is 11.5 Å². The zero-order chi connectivity index (χ0) is 22.4. The maximum absolute atomic E-state index is 14.0. The molecule has 8 heteroatoms. The average molecular weight is 430 g/mol. The Morgan fingerprint density at radius 2 is 1.78 bits per heavy atom. The molecule has 0 saturated heterocycles. The second-order valence-electron chi connectivity index (χ2n) is 7.30. The Kier molecular flexibility index (Phi) is 4.62. The van der Waals surface area contributed by atoms with Crippen molar-refractivity contribution >= 4 is 21.9 Å². The fourth-order valence-corrected chi connectivity index (χ4v) is 3.94. The van der Waals surface area contributed by atoms with Gasteiger partial charge in [-0.3, -0.25) is 14.1 Å². The minimum absolute atomic E-state index is 0.227. The first-order valence-electron chi connectivity index (χ1n) is 9.86. The summed E-state index contributed by atoms with van der Waals surface area (Å²) in [5, 5.41) is 0.750. The van der Waals surface area contributed by atoms with Crippen LogP contribution < -0.4 is 15.2 Å². The van der Waals surface area contributed by atoms with Crippen LogP contribution in [0.1, 0.15) is 0 Å². The maximum atomic E-state index is 14.0. The molecule has 0 atom stereocenters. The minimum Gasteiger partial charge on any atom is -0.496 e. The molecule has 5 rings (SSSR count). The zero-order valence-electron chi connectivity index (χ0n) is 17.7. The highest BCUT2D eigenvalue weighted by Gasteiger charge is 2.18. The smallest absolute Gasteiger partial charge is 0.333 e. The summed E-state index contributed by atoms with van der Waals surface area (Å²) in [5.41, 5.74) is 3.80. The van der Waals surface area contributed by atoms with E-state index < -0.39 is 0 Å². The Bertz CT molecular complexity index is 1540. The van der Waals surface area contributed by atoms with Crippen LogP contribution >= 0.6 is 0 Å². The molecule has 7 nitrogen and oxygen atoms in total. The molecule has 0 aliphatic heterocycles. The Hall–Kier alpha value is -4.20. The molecule has 0 aliphatic rings. The summed E-state index contributed by atoms with van der Waals surface area (Å²) >= 11 is 0. The predicted molar refractivity (Wildman–Crippen MR) is 120 cm³/mol. The summed E-state index contributed by atoms with van der Waals surface area (Å²) in [7, 11) is 4.78. The number of imidazole rings is 1. The highest BCUT2D eigenvalue weighted by Crippen LogP contribution is 2.34. The Morgan fingerprint density at radius 1 is 0.938 bits per heavy atom. The van der Waals surface area contributed by atoms with Crippen LogP contribution in [0.3, 0.4) is 0 Å². The van der Waals surface area contributed by atoms with Crippen LogP contribution in [0.5, 0.6) is 11.6 Å². The number of ether oxygens (including phenoxy) is 2. The molecule has 160 valence electrons. The van der Waals surface area contributed by atoms with E-state index in [4.69, 9.17) is 9.47 Å². The lowest BCUT2D eigenvalue weighted by atomic mass is 10.0. The monoisotopic (exact) mass is 430 g/mol. The van der Waals surface area contributed by atoms with Crippen molar-refractivity contribution in [1.82, 2.24) is 19.1 Å². The molecule has 0 N–H and O–H groups in total. The van der Waals surface area contributed by atoms with Crippen molar-refractivity contribution in [2.45, 2.75) is 0 Å². The van der Waals surface area contributed by atoms with Crippen molar-refractivity contribution in [3.05, 3.63) is 77.2 Å². The first-order chi connectivity index (χ1) is 15.5. The van der Waals surface area contributed by atoms with E-state index >= 15 is 0 Å². The Labute approximate surface area is 182 Å². The minimum atomic E-state index is -0.363. The number of methoxy groups -OCH3 is 2. The lowest BCUT2D eigenvalue weighted by Crippen LogP contribution is -2.20. The topological polar surface area (TPSA) is 71.2 Å². The number of pyridine rings is 2. The molecule has 0 amide bonds. The number of hydrogen-bond acceptors (Lipinski definition) is 5. The van der Waals surface area contributed by atoms with Gasteiger partial charge in [-0.2, -0.15) is 0 Å². The second-order valence-corrected chi connectivity index (χ2v) is 7.30. The van der Waals surface area contributed by atoms with Crippen molar-refractivity contribution in [2.75, 3.05) is 14.2 Å². The summed E-state index contributed by atoms with van der Waals surface area (Å²) in [5.74, 6) is 0.642. The lowest BCUT2D eigenvalue weighted by molar-refractivity contribution is 0.398. The van der Waals surface area contributed by atoms with E-state index in [1.165, 1.54) is 19.2 Å². The summed E-state index contributed by atoms with van der Waals surface area (Å²) in [6, 6.07) is 13.5. The van der Waals surface area contributed by atoms with Crippen LogP contribution in [-0.4, -0.2) is 33.3 Å². The van der Waals surface area contributed by atoms with Gasteiger partial charge in [0.05, 0.1) is 48.9 Å². The van der Waals surface area contributed by atoms with Crippen molar-refractivity contribution in [2.24, 2.45) is 7.05 Å². The number of hydrogen-bond donors (Lipinski definition) is 0. The predicted octanol–water partition coefficient (Wildman–Crippen LogP) is 4.10. The Balaban J connectivity index is 1.84. The normalized spacial score (nSPS) is 11.2. The molecule has 0 bridgehead atoms. The van der Waals surface area contributed by atoms with Crippen LogP contribution in [0.4, 0.5) is 4.39 Å². The fourth-order valence-electron chi connectivity index (χ4n) is 3.94. The van der Waals surface area contributed by atoms with E-state index in [1.807, 2.05) is 18.2 Å². The molecular weight excluding hydrogens is 411 g/mol. The molecule has 0 radical (unpaired) electrons. The van der Waals surface area contributed by atoms with E-state index in [0.717, 1.165) is 10.9 Å². The van der Waals surface area contributed by atoms with Gasteiger partial charge in [-0.15, -0.1) is 0 Å². The van der Waals surface area contributed by atoms with Crippen LogP contribution in [0.2, 0.25) is 0 Å². The molecule has 0 aliphatic carbocycles. The lowest BCUT2D eigenvalue weighted by Gasteiger charge is -2.11. The molecule has 0 fully saturated rings. The van der Waals surface area contributed by atoms with Gasteiger partial charge in [0.1, 0.15) is 11.6 Å². The SMILES string of the molecule is COc1ccc(-n2c(=O)n(C)c3cnc4ccc(-c5cc(F)ccc5OC)cc4c32)cn1. The molecular formula is C24H19FN4O3. The van der Waals surface area contributed by atoms with Crippen LogP contribution in [0, 0.1) is 5.82 Å². The van der Waals surface area contributed by atoms with Gasteiger partial charge < -0.3 is 9.47 Å². The molecule has 3 aromatic heterocycles. The van der Waals surface area contributed by atoms with Crippen LogP contribution in [0.25, 0.3) is 38.8 Å². The first-order valence-corrected chi connectivity index (χ1v) is 9.86. The maximum Gasteiger partial charge on any atom is 0.333 e. The Morgan fingerprint density at radius 3 is 2.50 bits per heavy atom. The number of halogens is 1. The van der Waals surface area contributed by atoms with E-state index in [9.17, 15) is 9.18 Å². The van der Waals surface area contributed by atoms with Gasteiger partial charge in [-0.25, -0.2) is 14.2 Å². The molecule has 0 unspecified atom stereocenters. The van der Waals surface area contributed by atoms with Gasteiger partial charge >= 0.3 is 5.69 Å². The van der Waals surface area contributed by atoms with Crippen molar-refractivity contribution in [3.8, 4) is 28.4 Å². The van der Waals surface area contributed by atoms with Crippen molar-refractivity contribution < 1.29 is 13.9 Å². The summed E-state index contributed by atoms with van der Waals surface area (Å²) in [6.07, 6.45) is 3.26. The fraction of sp³-hybridized carbons (Fsp3) is 0.125. The number of benzene rings is 2. The number of aromatic nitrogens is 4. The number of rotatable bonds is 4. The second kappa shape index (κ2) is 7.49. The van der Waals surface area contributed by atoms with E-state index in [0.29, 0.717) is 39.4 Å². The number of fused-ring (bicyclic) bond motifs is 3. The van der Waals surface area contributed by atoms with Gasteiger partial charge in [0, 0.05) is 24.1 Å². The highest BCUT2D eigenvalue weighted by atomic mass is 19.1. The quantitative estimate of drug-likeness (QED) is 0.429. The van der Waals surface area contributed by atoms with Crippen molar-refractivity contribution in [1.29, 1.82) is 0 Å². The molecule has 3 heterocycles. The van der Waals surface area contributed by atoms with Gasteiger partial charge in [0.15, 0.2) is 0 Å². The molecule has 5 aromatic rings. The standard InChI is InChI=1S/C24H19FN4O3/c1-28-20-13-26-19-7-4-14(17-11-15(25)5-8-21(17)31-2)10-18(19)23(20)29(24(28)30)16-6-9-22(32-3)27-12-16/h4-13H,1-3H3. The van der Waals surface area contributed by atoms with Gasteiger partial charge in [-0.1, -0.05) is 6.07 Å². The molecule has 0 saturated carbocycles. The highest BCUT2D eigenvalue weighted by molar-refractivity contribution is 6.04. The molecule has 2 aromatic carbocycles. The van der Waals surface area contributed by atoms with Gasteiger partial charge in [0.2, 0.25) is 5.88 Å². The van der Waals surface area contributed by atoms with Crippen molar-refractivity contribution in [3.63, 3.8) is 0 Å². The summed E-state index contributed by atoms with van der Waals surface area (Å²) in [4.78, 5) is 21.9.